The Morgan fingerprint density at radius 2 is 1.92 bits per heavy atom. The van der Waals surface area contributed by atoms with Gasteiger partial charge in [-0.3, -0.25) is 0 Å². The molecule has 1 radical (unpaired) electrons. The van der Waals surface area contributed by atoms with Crippen LogP contribution in [0, 0.1) is 6.26 Å². The summed E-state index contributed by atoms with van der Waals surface area (Å²) >= 11 is 17.4. The molecule has 4 heteroatoms. The smallest absolute Gasteiger partial charge is 0.170 e. The SMILES string of the molecule is Clc1cc2c[c]oc2c(Cl)c1Cl. The molecule has 1 aromatic carbocycles. The summed E-state index contributed by atoms with van der Waals surface area (Å²) in [5.74, 6) is 0. The molecule has 0 atom stereocenters. The maximum atomic E-state index is 5.84. The Hall–Kier alpha value is -0.370. The summed E-state index contributed by atoms with van der Waals surface area (Å²) in [6.45, 7) is 0. The van der Waals surface area contributed by atoms with Crippen LogP contribution >= 0.6 is 34.8 Å². The van der Waals surface area contributed by atoms with Crippen molar-refractivity contribution in [2.24, 2.45) is 0 Å². The van der Waals surface area contributed by atoms with Crippen molar-refractivity contribution in [2.45, 2.75) is 0 Å². The molecular weight excluding hydrogens is 218 g/mol. The quantitative estimate of drug-likeness (QED) is 0.607. The number of hydrogen-bond donors (Lipinski definition) is 0. The van der Waals surface area contributed by atoms with Crippen molar-refractivity contribution in [3.63, 3.8) is 0 Å². The lowest BCUT2D eigenvalue weighted by molar-refractivity contribution is 0.606. The van der Waals surface area contributed by atoms with Gasteiger partial charge in [-0.05, 0) is 12.1 Å². The third-order valence-corrected chi connectivity index (χ3v) is 2.77. The van der Waals surface area contributed by atoms with E-state index in [-0.39, 0.29) is 0 Å². The van der Waals surface area contributed by atoms with E-state index in [9.17, 15) is 0 Å². The minimum absolute atomic E-state index is 0.314. The van der Waals surface area contributed by atoms with Gasteiger partial charge in [0.25, 0.3) is 0 Å². The predicted molar refractivity (Wildman–Crippen MR) is 50.1 cm³/mol. The highest BCUT2D eigenvalue weighted by molar-refractivity contribution is 6.50. The first-order chi connectivity index (χ1) is 5.70. The van der Waals surface area contributed by atoms with Crippen LogP contribution in [0.3, 0.4) is 0 Å². The maximum absolute atomic E-state index is 5.84. The van der Waals surface area contributed by atoms with Gasteiger partial charge in [-0.15, -0.1) is 0 Å². The molecule has 2 rings (SSSR count). The van der Waals surface area contributed by atoms with Gasteiger partial charge in [0.1, 0.15) is 5.02 Å². The molecule has 0 spiro atoms. The summed E-state index contributed by atoms with van der Waals surface area (Å²) in [7, 11) is 0. The largest absolute Gasteiger partial charge is 0.451 e. The van der Waals surface area contributed by atoms with E-state index >= 15 is 0 Å². The van der Waals surface area contributed by atoms with Gasteiger partial charge in [0.05, 0.1) is 10.0 Å². The lowest BCUT2D eigenvalue weighted by atomic mass is 10.2. The number of halogens is 3. The van der Waals surface area contributed by atoms with Gasteiger partial charge in [0.2, 0.25) is 0 Å². The molecule has 0 aliphatic carbocycles. The van der Waals surface area contributed by atoms with Crippen molar-refractivity contribution in [1.82, 2.24) is 0 Å². The molecule has 0 saturated heterocycles. The molecule has 0 bridgehead atoms. The second-order valence-electron chi connectivity index (χ2n) is 2.27. The zero-order valence-electron chi connectivity index (χ0n) is 5.70. The van der Waals surface area contributed by atoms with Gasteiger partial charge in [-0.2, -0.15) is 0 Å². The highest BCUT2D eigenvalue weighted by atomic mass is 35.5. The molecule has 2 aromatic rings. The second kappa shape index (κ2) is 2.84. The summed E-state index contributed by atoms with van der Waals surface area (Å²) in [4.78, 5) is 0. The van der Waals surface area contributed by atoms with Crippen LogP contribution in [-0.2, 0) is 0 Å². The third-order valence-electron chi connectivity index (χ3n) is 1.52. The molecule has 0 aliphatic heterocycles. The first-order valence-electron chi connectivity index (χ1n) is 3.13. The van der Waals surface area contributed by atoms with Gasteiger partial charge in [-0.25, -0.2) is 0 Å². The van der Waals surface area contributed by atoms with E-state index in [0.29, 0.717) is 20.7 Å². The molecule has 0 unspecified atom stereocenters. The van der Waals surface area contributed by atoms with Crippen LogP contribution in [0.5, 0.6) is 0 Å². The van der Waals surface area contributed by atoms with Crippen LogP contribution in [0.25, 0.3) is 11.0 Å². The van der Waals surface area contributed by atoms with Crippen molar-refractivity contribution in [2.75, 3.05) is 0 Å². The first kappa shape index (κ1) is 8.24. The minimum Gasteiger partial charge on any atom is -0.451 e. The number of benzene rings is 1. The molecule has 0 fully saturated rings. The maximum Gasteiger partial charge on any atom is 0.170 e. The highest BCUT2D eigenvalue weighted by Crippen LogP contribution is 2.36. The average Bonchev–Trinajstić information content (AvgIpc) is 2.48. The van der Waals surface area contributed by atoms with Crippen LogP contribution in [0.15, 0.2) is 16.5 Å². The number of hydrogen-bond acceptors (Lipinski definition) is 1. The first-order valence-corrected chi connectivity index (χ1v) is 4.26. The number of fused-ring (bicyclic) bond motifs is 1. The molecule has 12 heavy (non-hydrogen) atoms. The second-order valence-corrected chi connectivity index (χ2v) is 3.43. The van der Waals surface area contributed by atoms with Gasteiger partial charge in [0, 0.05) is 5.39 Å². The van der Waals surface area contributed by atoms with E-state index < -0.39 is 0 Å². The fourth-order valence-corrected chi connectivity index (χ4v) is 1.61. The number of furan rings is 1. The van der Waals surface area contributed by atoms with Gasteiger partial charge in [-0.1, -0.05) is 34.8 Å². The highest BCUT2D eigenvalue weighted by Gasteiger charge is 2.10. The molecule has 0 amide bonds. The summed E-state index contributed by atoms with van der Waals surface area (Å²) in [6.07, 6.45) is 2.56. The van der Waals surface area contributed by atoms with Crippen LogP contribution < -0.4 is 0 Å². The summed E-state index contributed by atoms with van der Waals surface area (Å²) in [5, 5.41) is 1.87. The van der Waals surface area contributed by atoms with E-state index in [1.54, 1.807) is 12.1 Å². The summed E-state index contributed by atoms with van der Waals surface area (Å²) in [6, 6.07) is 3.34. The Balaban J connectivity index is 2.94. The van der Waals surface area contributed by atoms with E-state index in [1.165, 1.54) is 0 Å². The molecule has 0 aliphatic rings. The van der Waals surface area contributed by atoms with E-state index in [1.807, 2.05) is 0 Å². The lowest BCUT2D eigenvalue weighted by Gasteiger charge is -1.98. The standard InChI is InChI=1S/C8H2Cl3O/c9-5-3-4-1-2-12-8(4)7(11)6(5)10/h1,3H. The van der Waals surface area contributed by atoms with Gasteiger partial charge in [0.15, 0.2) is 11.8 Å². The summed E-state index contributed by atoms with van der Waals surface area (Å²) < 4.78 is 4.98. The molecular formula is C8H2Cl3O. The molecule has 1 heterocycles. The zero-order chi connectivity index (χ0) is 8.72. The number of rotatable bonds is 0. The average molecular weight is 220 g/mol. The Morgan fingerprint density at radius 1 is 1.17 bits per heavy atom. The molecule has 1 nitrogen and oxygen atoms in total. The monoisotopic (exact) mass is 219 g/mol. The van der Waals surface area contributed by atoms with Crippen LogP contribution in [0.4, 0.5) is 0 Å². The van der Waals surface area contributed by atoms with Crippen LogP contribution in [-0.4, -0.2) is 0 Å². The fraction of sp³-hybridized carbons (Fsp3) is 0. The van der Waals surface area contributed by atoms with E-state index in [4.69, 9.17) is 39.2 Å². The van der Waals surface area contributed by atoms with Crippen molar-refractivity contribution < 1.29 is 4.42 Å². The third kappa shape index (κ3) is 1.09. The minimum atomic E-state index is 0.314. The Labute approximate surface area is 83.8 Å². The van der Waals surface area contributed by atoms with E-state index in [0.717, 1.165) is 5.39 Å². The van der Waals surface area contributed by atoms with Gasteiger partial charge >= 0.3 is 0 Å². The molecule has 61 valence electrons. The molecule has 1 aromatic heterocycles. The summed E-state index contributed by atoms with van der Waals surface area (Å²) in [5.41, 5.74) is 0.520. The lowest BCUT2D eigenvalue weighted by Crippen LogP contribution is -1.72. The van der Waals surface area contributed by atoms with Gasteiger partial charge < -0.3 is 4.42 Å². The van der Waals surface area contributed by atoms with Crippen molar-refractivity contribution in [3.05, 3.63) is 33.5 Å². The normalized spacial score (nSPS) is 10.9. The zero-order valence-corrected chi connectivity index (χ0v) is 7.96. The fourth-order valence-electron chi connectivity index (χ4n) is 0.959. The Kier molecular flexibility index (Phi) is 1.95. The molecule has 0 N–H and O–H groups in total. The Bertz CT molecular complexity index is 433. The molecule has 0 saturated carbocycles. The van der Waals surface area contributed by atoms with Crippen molar-refractivity contribution in [1.29, 1.82) is 0 Å². The van der Waals surface area contributed by atoms with Crippen molar-refractivity contribution >= 4 is 45.8 Å². The predicted octanol–water partition coefficient (Wildman–Crippen LogP) is 4.19. The Morgan fingerprint density at radius 3 is 2.67 bits per heavy atom. The topological polar surface area (TPSA) is 13.1 Å². The van der Waals surface area contributed by atoms with Crippen molar-refractivity contribution in [3.8, 4) is 0 Å². The van der Waals surface area contributed by atoms with Crippen LogP contribution in [0.1, 0.15) is 0 Å². The van der Waals surface area contributed by atoms with E-state index in [2.05, 4.69) is 6.26 Å². The van der Waals surface area contributed by atoms with Crippen LogP contribution in [0.2, 0.25) is 15.1 Å².